The van der Waals surface area contributed by atoms with Crippen molar-refractivity contribution in [1.82, 2.24) is 0 Å². The summed E-state index contributed by atoms with van der Waals surface area (Å²) in [6, 6.07) is 0.723. The minimum atomic E-state index is -1.98. The average Bonchev–Trinajstić information content (AvgIpc) is 2.37. The van der Waals surface area contributed by atoms with Crippen molar-refractivity contribution in [2.75, 3.05) is 0 Å². The second-order valence-corrected chi connectivity index (χ2v) is 3.82. The van der Waals surface area contributed by atoms with Crippen LogP contribution < -0.4 is 10.9 Å². The van der Waals surface area contributed by atoms with E-state index in [1.54, 1.807) is 0 Å². The Balaban J connectivity index is 2.54. The monoisotopic (exact) mass is 291 g/mol. The lowest BCUT2D eigenvalue weighted by atomic mass is 9.63. The van der Waals surface area contributed by atoms with Gasteiger partial charge in [0.15, 0.2) is 29.1 Å². The zero-order valence-corrected chi connectivity index (χ0v) is 9.46. The molecule has 0 aliphatic carbocycles. The third-order valence-corrected chi connectivity index (χ3v) is 2.47. The fraction of sp³-hybridized carbons (Fsp3) is 0. The average molecular weight is 291 g/mol. The Labute approximate surface area is 109 Å². The van der Waals surface area contributed by atoms with E-state index < -0.39 is 51.6 Å². The second kappa shape index (κ2) is 5.18. The molecule has 0 unspecified atom stereocenters. The lowest BCUT2D eigenvalue weighted by Gasteiger charge is -2.07. The molecular weight excluding hydrogens is 288 g/mol. The number of hydrogen-bond acceptors (Lipinski definition) is 0. The van der Waals surface area contributed by atoms with Gasteiger partial charge in [0.1, 0.15) is 11.6 Å². The molecule has 0 heterocycles. The molecule has 0 bridgehead atoms. The minimum absolute atomic E-state index is 0.0395. The molecule has 0 fully saturated rings. The molecule has 0 N–H and O–H groups in total. The smallest absolute Gasteiger partial charge is 0.203 e. The van der Waals surface area contributed by atoms with E-state index in [1.807, 2.05) is 0 Å². The van der Waals surface area contributed by atoms with E-state index in [1.165, 1.54) is 0 Å². The molecule has 0 amide bonds. The normalized spacial score (nSPS) is 10.8. The zero-order valence-electron chi connectivity index (χ0n) is 9.46. The van der Waals surface area contributed by atoms with Gasteiger partial charge in [-0.25, -0.2) is 30.7 Å². The zero-order chi connectivity index (χ0) is 15.0. The molecule has 0 spiro atoms. The van der Waals surface area contributed by atoms with Gasteiger partial charge in [-0.1, -0.05) is 0 Å². The SMILES string of the molecule is Fc1cc(F)c(F)c([B]c2c(F)cc(F)c(F)c2F)c1. The second-order valence-electron chi connectivity index (χ2n) is 3.82. The van der Waals surface area contributed by atoms with Crippen molar-refractivity contribution in [2.24, 2.45) is 0 Å². The molecule has 0 saturated carbocycles. The number of hydrogen-bond donors (Lipinski definition) is 0. The molecule has 1 radical (unpaired) electrons. The molecule has 2 aromatic rings. The van der Waals surface area contributed by atoms with Crippen molar-refractivity contribution in [1.29, 1.82) is 0 Å². The first kappa shape index (κ1) is 14.4. The van der Waals surface area contributed by atoms with Crippen LogP contribution in [0.5, 0.6) is 0 Å². The molecule has 0 aromatic heterocycles. The summed E-state index contributed by atoms with van der Waals surface area (Å²) in [6.07, 6.45) is 0. The van der Waals surface area contributed by atoms with Gasteiger partial charge in [0.25, 0.3) is 0 Å². The van der Waals surface area contributed by atoms with Gasteiger partial charge in [-0.05, 0) is 17.0 Å². The van der Waals surface area contributed by atoms with E-state index in [-0.39, 0.29) is 12.1 Å². The molecule has 103 valence electrons. The molecule has 8 heteroatoms. The van der Waals surface area contributed by atoms with E-state index in [2.05, 4.69) is 0 Å². The lowest BCUT2D eigenvalue weighted by Crippen LogP contribution is -2.36. The highest BCUT2D eigenvalue weighted by Crippen LogP contribution is 2.11. The van der Waals surface area contributed by atoms with Gasteiger partial charge in [0.2, 0.25) is 7.28 Å². The first-order valence-electron chi connectivity index (χ1n) is 5.13. The Morgan fingerprint density at radius 3 is 1.85 bits per heavy atom. The maximum absolute atomic E-state index is 13.3. The molecule has 0 aliphatic rings. The van der Waals surface area contributed by atoms with Gasteiger partial charge in [-0.2, -0.15) is 0 Å². The maximum Gasteiger partial charge on any atom is 0.203 e. The van der Waals surface area contributed by atoms with Crippen LogP contribution in [0.15, 0.2) is 18.2 Å². The van der Waals surface area contributed by atoms with Crippen LogP contribution in [0.1, 0.15) is 0 Å². The Morgan fingerprint density at radius 2 is 1.20 bits per heavy atom. The number of halogens is 7. The highest BCUT2D eigenvalue weighted by molar-refractivity contribution is 6.67. The summed E-state index contributed by atoms with van der Waals surface area (Å²) in [5.74, 6) is -11.6. The molecule has 0 aliphatic heterocycles. The van der Waals surface area contributed by atoms with Crippen molar-refractivity contribution in [3.8, 4) is 0 Å². The van der Waals surface area contributed by atoms with Crippen molar-refractivity contribution >= 4 is 18.2 Å². The van der Waals surface area contributed by atoms with Gasteiger partial charge < -0.3 is 0 Å². The summed E-state index contributed by atoms with van der Waals surface area (Å²) in [7, 11) is 0.342. The van der Waals surface area contributed by atoms with Crippen molar-refractivity contribution in [3.05, 3.63) is 58.9 Å². The topological polar surface area (TPSA) is 0 Å². The van der Waals surface area contributed by atoms with Crippen molar-refractivity contribution in [2.45, 2.75) is 0 Å². The molecule has 20 heavy (non-hydrogen) atoms. The molecule has 2 aromatic carbocycles. The number of benzene rings is 2. The summed E-state index contributed by atoms with van der Waals surface area (Å²) in [4.78, 5) is 0. The fourth-order valence-electron chi connectivity index (χ4n) is 1.55. The predicted octanol–water partition coefficient (Wildman–Crippen LogP) is 2.32. The van der Waals surface area contributed by atoms with Crippen LogP contribution in [0.3, 0.4) is 0 Å². The highest BCUT2D eigenvalue weighted by Gasteiger charge is 2.22. The first-order chi connectivity index (χ1) is 9.31. The summed E-state index contributed by atoms with van der Waals surface area (Å²) in [5.41, 5.74) is -1.99. The largest absolute Gasteiger partial charge is 0.207 e. The molecule has 2 rings (SSSR count). The van der Waals surface area contributed by atoms with E-state index in [4.69, 9.17) is 0 Å². The first-order valence-corrected chi connectivity index (χ1v) is 5.13. The lowest BCUT2D eigenvalue weighted by molar-refractivity contribution is 0.440. The Hall–Kier alpha value is -1.99. The predicted molar refractivity (Wildman–Crippen MR) is 57.6 cm³/mol. The Morgan fingerprint density at radius 1 is 0.600 bits per heavy atom. The van der Waals surface area contributed by atoms with Crippen LogP contribution in [0.4, 0.5) is 30.7 Å². The third-order valence-electron chi connectivity index (χ3n) is 2.47. The van der Waals surface area contributed by atoms with Crippen LogP contribution in [0.25, 0.3) is 0 Å². The summed E-state index contributed by atoms with van der Waals surface area (Å²) >= 11 is 0. The van der Waals surface area contributed by atoms with Crippen LogP contribution in [0.2, 0.25) is 0 Å². The maximum atomic E-state index is 13.3. The summed E-state index contributed by atoms with van der Waals surface area (Å²) in [5, 5.41) is 0. The summed E-state index contributed by atoms with van der Waals surface area (Å²) < 4.78 is 91.5. The van der Waals surface area contributed by atoms with E-state index in [0.29, 0.717) is 13.3 Å². The van der Waals surface area contributed by atoms with Gasteiger partial charge in [-0.15, -0.1) is 0 Å². The molecular formula is C12H3BF7. The Kier molecular flexibility index (Phi) is 3.74. The highest BCUT2D eigenvalue weighted by atomic mass is 19.2. The van der Waals surface area contributed by atoms with Crippen LogP contribution in [-0.4, -0.2) is 7.28 Å². The molecule has 0 saturated heterocycles. The van der Waals surface area contributed by atoms with Gasteiger partial charge in [0, 0.05) is 12.1 Å². The number of rotatable bonds is 2. The molecule has 0 nitrogen and oxygen atoms in total. The molecule has 0 atom stereocenters. The van der Waals surface area contributed by atoms with Gasteiger partial charge in [0.05, 0.1) is 0 Å². The van der Waals surface area contributed by atoms with Crippen molar-refractivity contribution in [3.63, 3.8) is 0 Å². The fourth-order valence-corrected chi connectivity index (χ4v) is 1.55. The third kappa shape index (κ3) is 2.50. The van der Waals surface area contributed by atoms with Crippen molar-refractivity contribution < 1.29 is 30.7 Å². The standard InChI is InChI=1S/C12H3BF7/c14-4-1-5(10(18)7(16)2-4)13-9-6(15)3-8(17)11(19)12(9)20/h1-3H. The van der Waals surface area contributed by atoms with Crippen LogP contribution >= 0.6 is 0 Å². The van der Waals surface area contributed by atoms with E-state index in [0.717, 1.165) is 0 Å². The van der Waals surface area contributed by atoms with E-state index in [9.17, 15) is 30.7 Å². The van der Waals surface area contributed by atoms with Crippen LogP contribution in [-0.2, 0) is 0 Å². The van der Waals surface area contributed by atoms with Gasteiger partial charge >= 0.3 is 0 Å². The Bertz CT molecular complexity index is 684. The quantitative estimate of drug-likeness (QED) is 0.345. The van der Waals surface area contributed by atoms with Crippen LogP contribution in [0, 0.1) is 40.7 Å². The minimum Gasteiger partial charge on any atom is -0.207 e. The van der Waals surface area contributed by atoms with Gasteiger partial charge in [-0.3, -0.25) is 0 Å². The summed E-state index contributed by atoms with van der Waals surface area (Å²) in [6.45, 7) is 0. The van der Waals surface area contributed by atoms with E-state index >= 15 is 0 Å².